The third kappa shape index (κ3) is 6.17. The minimum Gasteiger partial charge on any atom is -0.396 e. The van der Waals surface area contributed by atoms with Crippen LogP contribution in [0.3, 0.4) is 0 Å². The van der Waals surface area contributed by atoms with Gasteiger partial charge in [0.05, 0.1) is 10.8 Å². The third-order valence-electron chi connectivity index (χ3n) is 3.03. The average molecular weight is 280 g/mol. The molecule has 0 aliphatic rings. The Bertz CT molecular complexity index is 411. The molecule has 0 aliphatic carbocycles. The molecule has 0 spiro atoms. The van der Waals surface area contributed by atoms with Gasteiger partial charge in [0.15, 0.2) is 0 Å². The molecule has 1 aromatic rings. The van der Waals surface area contributed by atoms with E-state index >= 15 is 0 Å². The van der Waals surface area contributed by atoms with Crippen LogP contribution in [0, 0.1) is 6.92 Å². The molecule has 19 heavy (non-hydrogen) atoms. The Hall–Kier alpha value is -0.930. The number of aliphatic hydroxyl groups is 1. The Morgan fingerprint density at radius 1 is 1.21 bits per heavy atom. The molecule has 0 saturated heterocycles. The summed E-state index contributed by atoms with van der Waals surface area (Å²) in [6, 6.07) is 7.82. The van der Waals surface area contributed by atoms with Gasteiger partial charge in [-0.1, -0.05) is 36.6 Å². The van der Waals surface area contributed by atoms with Crippen LogP contribution in [0.15, 0.2) is 40.1 Å². The number of allylic oxidation sites excluding steroid dienone is 1. The number of rotatable bonds is 8. The second-order valence-electron chi connectivity index (χ2n) is 4.82. The van der Waals surface area contributed by atoms with Gasteiger partial charge in [0.2, 0.25) is 0 Å². The molecular weight excluding hydrogens is 256 g/mol. The standard InChI is InChI=1S/C16H24O2S/c1-3-4-6-15(7-5-12-17)13-19(18)16-10-8-14(2)9-11-16/h8-11,13,17H,3-7,12H2,1-2H3/b15-13-. The molecule has 3 heteroatoms. The van der Waals surface area contributed by atoms with Gasteiger partial charge in [-0.2, -0.15) is 0 Å². The van der Waals surface area contributed by atoms with Crippen molar-refractivity contribution >= 4 is 10.8 Å². The van der Waals surface area contributed by atoms with Crippen LogP contribution in [0.5, 0.6) is 0 Å². The maximum atomic E-state index is 12.3. The summed E-state index contributed by atoms with van der Waals surface area (Å²) in [5.41, 5.74) is 2.38. The second-order valence-corrected chi connectivity index (χ2v) is 6.12. The van der Waals surface area contributed by atoms with E-state index in [-0.39, 0.29) is 6.61 Å². The zero-order valence-corrected chi connectivity index (χ0v) is 12.7. The summed E-state index contributed by atoms with van der Waals surface area (Å²) in [4.78, 5) is 0.851. The van der Waals surface area contributed by atoms with Crippen LogP contribution in [0.2, 0.25) is 0 Å². The highest BCUT2D eigenvalue weighted by molar-refractivity contribution is 7.88. The maximum Gasteiger partial charge on any atom is 0.0775 e. The van der Waals surface area contributed by atoms with E-state index in [2.05, 4.69) is 6.92 Å². The SMILES string of the molecule is CCCC/C(=C/S(=O)c1ccc(C)cc1)CCCO. The van der Waals surface area contributed by atoms with Crippen LogP contribution < -0.4 is 0 Å². The third-order valence-corrected chi connectivity index (χ3v) is 4.32. The molecule has 0 amide bonds. The van der Waals surface area contributed by atoms with Gasteiger partial charge in [-0.15, -0.1) is 0 Å². The van der Waals surface area contributed by atoms with Crippen LogP contribution >= 0.6 is 0 Å². The van der Waals surface area contributed by atoms with Gasteiger partial charge >= 0.3 is 0 Å². The molecular formula is C16H24O2S. The van der Waals surface area contributed by atoms with Crippen molar-refractivity contribution in [3.05, 3.63) is 40.8 Å². The van der Waals surface area contributed by atoms with Crippen molar-refractivity contribution in [2.24, 2.45) is 0 Å². The topological polar surface area (TPSA) is 37.3 Å². The van der Waals surface area contributed by atoms with Crippen molar-refractivity contribution in [1.82, 2.24) is 0 Å². The first kappa shape index (κ1) is 16.1. The van der Waals surface area contributed by atoms with E-state index in [1.165, 1.54) is 11.1 Å². The predicted octanol–water partition coefficient (Wildman–Crippen LogP) is 3.95. The zero-order valence-electron chi connectivity index (χ0n) is 11.9. The van der Waals surface area contributed by atoms with E-state index in [9.17, 15) is 4.21 Å². The van der Waals surface area contributed by atoms with Gasteiger partial charge < -0.3 is 5.11 Å². The molecule has 2 nitrogen and oxygen atoms in total. The van der Waals surface area contributed by atoms with E-state index in [4.69, 9.17) is 5.11 Å². The van der Waals surface area contributed by atoms with Gasteiger partial charge in [-0.3, -0.25) is 0 Å². The molecule has 1 N–H and O–H groups in total. The van der Waals surface area contributed by atoms with E-state index < -0.39 is 10.8 Å². The van der Waals surface area contributed by atoms with Gasteiger partial charge in [-0.05, 0) is 44.7 Å². The largest absolute Gasteiger partial charge is 0.396 e. The van der Waals surface area contributed by atoms with Crippen LogP contribution in [-0.4, -0.2) is 15.9 Å². The average Bonchev–Trinajstić information content (AvgIpc) is 2.42. The highest BCUT2D eigenvalue weighted by atomic mass is 32.2. The minimum atomic E-state index is -1.07. The van der Waals surface area contributed by atoms with Crippen molar-refractivity contribution in [2.75, 3.05) is 6.61 Å². The van der Waals surface area contributed by atoms with E-state index in [0.717, 1.165) is 37.0 Å². The Morgan fingerprint density at radius 2 is 1.84 bits per heavy atom. The van der Waals surface area contributed by atoms with Crippen molar-refractivity contribution in [3.63, 3.8) is 0 Å². The molecule has 1 atom stereocenters. The predicted molar refractivity (Wildman–Crippen MR) is 81.5 cm³/mol. The van der Waals surface area contributed by atoms with Crippen molar-refractivity contribution in [1.29, 1.82) is 0 Å². The summed E-state index contributed by atoms with van der Waals surface area (Å²) >= 11 is 0. The van der Waals surface area contributed by atoms with Crippen LogP contribution in [0.25, 0.3) is 0 Å². The Morgan fingerprint density at radius 3 is 2.42 bits per heavy atom. The summed E-state index contributed by atoms with van der Waals surface area (Å²) in [5.74, 6) is 0. The molecule has 0 saturated carbocycles. The monoisotopic (exact) mass is 280 g/mol. The normalized spacial score (nSPS) is 13.5. The highest BCUT2D eigenvalue weighted by Crippen LogP contribution is 2.18. The summed E-state index contributed by atoms with van der Waals surface area (Å²) in [6.07, 6.45) is 4.82. The Labute approximate surface area is 119 Å². The number of hydrogen-bond donors (Lipinski definition) is 1. The van der Waals surface area contributed by atoms with Crippen LogP contribution in [0.1, 0.15) is 44.6 Å². The summed E-state index contributed by atoms with van der Waals surface area (Å²) in [7, 11) is -1.07. The van der Waals surface area contributed by atoms with E-state index in [0.29, 0.717) is 0 Å². The van der Waals surface area contributed by atoms with Crippen LogP contribution in [0.4, 0.5) is 0 Å². The molecule has 0 aromatic heterocycles. The van der Waals surface area contributed by atoms with Crippen molar-refractivity contribution in [3.8, 4) is 0 Å². The van der Waals surface area contributed by atoms with Crippen molar-refractivity contribution in [2.45, 2.75) is 50.8 Å². The van der Waals surface area contributed by atoms with Crippen molar-refractivity contribution < 1.29 is 9.32 Å². The summed E-state index contributed by atoms with van der Waals surface area (Å²) in [5, 5.41) is 10.8. The fourth-order valence-corrected chi connectivity index (χ4v) is 2.92. The Kier molecular flexibility index (Phi) is 7.68. The zero-order chi connectivity index (χ0) is 14.1. The van der Waals surface area contributed by atoms with E-state index in [1.807, 2.05) is 36.6 Å². The van der Waals surface area contributed by atoms with Gasteiger partial charge in [0.1, 0.15) is 0 Å². The molecule has 1 unspecified atom stereocenters. The first-order valence-electron chi connectivity index (χ1n) is 6.95. The summed E-state index contributed by atoms with van der Waals surface area (Å²) < 4.78 is 12.3. The molecule has 0 bridgehead atoms. The lowest BCUT2D eigenvalue weighted by atomic mass is 10.1. The second kappa shape index (κ2) is 9.05. The van der Waals surface area contributed by atoms with Gasteiger partial charge in [-0.25, -0.2) is 4.21 Å². The first-order valence-corrected chi connectivity index (χ1v) is 8.16. The van der Waals surface area contributed by atoms with Gasteiger partial charge in [0.25, 0.3) is 0 Å². The van der Waals surface area contributed by atoms with Crippen LogP contribution in [-0.2, 0) is 10.8 Å². The highest BCUT2D eigenvalue weighted by Gasteiger charge is 2.04. The molecule has 1 rings (SSSR count). The fraction of sp³-hybridized carbons (Fsp3) is 0.500. The lowest BCUT2D eigenvalue weighted by molar-refractivity contribution is 0.288. The lowest BCUT2D eigenvalue weighted by Gasteiger charge is -2.06. The van der Waals surface area contributed by atoms with E-state index in [1.54, 1.807) is 0 Å². The molecule has 106 valence electrons. The number of aryl methyl sites for hydroxylation is 1. The number of unbranched alkanes of at least 4 members (excludes halogenated alkanes) is 1. The maximum absolute atomic E-state index is 12.3. The lowest BCUT2D eigenvalue weighted by Crippen LogP contribution is -1.93. The molecule has 0 aliphatic heterocycles. The quantitative estimate of drug-likeness (QED) is 0.783. The van der Waals surface area contributed by atoms with Gasteiger partial charge in [0, 0.05) is 16.9 Å². The molecule has 0 radical (unpaired) electrons. The summed E-state index contributed by atoms with van der Waals surface area (Å²) in [6.45, 7) is 4.37. The molecule has 0 fully saturated rings. The minimum absolute atomic E-state index is 0.195. The first-order chi connectivity index (χ1) is 9.17. The Balaban J connectivity index is 2.75. The number of hydrogen-bond acceptors (Lipinski definition) is 2. The molecule has 0 heterocycles. The number of aliphatic hydroxyl groups excluding tert-OH is 1. The fourth-order valence-electron chi connectivity index (χ4n) is 1.84. The number of benzene rings is 1. The molecule has 1 aromatic carbocycles. The smallest absolute Gasteiger partial charge is 0.0775 e.